The average Bonchev–Trinajstić information content (AvgIpc) is 2.97. The fraction of sp³-hybridized carbons (Fsp3) is 0.281. The van der Waals surface area contributed by atoms with Crippen LogP contribution in [-0.4, -0.2) is 35.7 Å². The number of nitrogens with one attached hydrogen (secondary N) is 2. The molecule has 0 aliphatic heterocycles. The van der Waals surface area contributed by atoms with Gasteiger partial charge in [-0.2, -0.15) is 13.2 Å². The second-order valence-corrected chi connectivity index (χ2v) is 10.2. The monoisotopic (exact) mass is 610 g/mol. The molecule has 1 unspecified atom stereocenters. The van der Waals surface area contributed by atoms with E-state index >= 15 is 0 Å². The second kappa shape index (κ2) is 13.1. The summed E-state index contributed by atoms with van der Waals surface area (Å²) in [5, 5.41) is 6.66. The van der Waals surface area contributed by atoms with Gasteiger partial charge in [-0.05, 0) is 81.1 Å². The van der Waals surface area contributed by atoms with Crippen molar-refractivity contribution in [2.75, 3.05) is 17.7 Å². The summed E-state index contributed by atoms with van der Waals surface area (Å²) < 4.78 is 58.1. The number of nitrogens with two attached hydrogens (primary N) is 1. The summed E-state index contributed by atoms with van der Waals surface area (Å²) in [4.78, 5) is 30.8. The van der Waals surface area contributed by atoms with Crippen LogP contribution in [0.4, 0.5) is 24.7 Å². The van der Waals surface area contributed by atoms with Crippen molar-refractivity contribution < 1.29 is 37.0 Å². The molecular formula is C32H33F3N4O5. The van der Waals surface area contributed by atoms with Gasteiger partial charge < -0.3 is 30.6 Å². The van der Waals surface area contributed by atoms with Crippen LogP contribution in [-0.2, 0) is 20.1 Å². The fourth-order valence-electron chi connectivity index (χ4n) is 4.54. The summed E-state index contributed by atoms with van der Waals surface area (Å²) in [7, 11) is 0. The topological polar surface area (TPSA) is 125 Å². The standard InChI is InChI=1S/C32H33F3N4O5/c1-5-42-27-18-23(11-14-26(27)43-19(2)3)31(44-30(41)32(33,34)35,29(40)38-20(4)21-9-7-6-8-10-21)39-24-12-13-25-22(17-24)15-16-37-28(25)36/h6-20,39H,5H2,1-4H3,(H2,36,37)(H,38,40)/t20-,31?/m1/s1. The van der Waals surface area contributed by atoms with Gasteiger partial charge in [-0.1, -0.05) is 30.3 Å². The molecule has 4 rings (SSSR count). The van der Waals surface area contributed by atoms with E-state index < -0.39 is 29.8 Å². The molecule has 0 radical (unpaired) electrons. The first-order valence-corrected chi connectivity index (χ1v) is 13.9. The van der Waals surface area contributed by atoms with E-state index in [-0.39, 0.29) is 41.3 Å². The van der Waals surface area contributed by atoms with Gasteiger partial charge in [0.25, 0.3) is 11.6 Å². The van der Waals surface area contributed by atoms with Crippen LogP contribution in [0.25, 0.3) is 10.8 Å². The summed E-state index contributed by atoms with van der Waals surface area (Å²) in [5.41, 5.74) is 3.91. The molecular weight excluding hydrogens is 577 g/mol. The zero-order valence-corrected chi connectivity index (χ0v) is 24.6. The SMILES string of the molecule is CCOc1cc(C(Nc2ccc3c(N)nccc3c2)(OC(=O)C(F)(F)F)C(=O)N[C@H](C)c2ccccc2)ccc1OC(C)C. The third-order valence-electron chi connectivity index (χ3n) is 6.57. The van der Waals surface area contributed by atoms with Crippen LogP contribution in [0.1, 0.15) is 44.9 Å². The van der Waals surface area contributed by atoms with E-state index in [9.17, 15) is 22.8 Å². The molecule has 1 aromatic heterocycles. The first kappa shape index (κ1) is 31.9. The molecule has 0 fully saturated rings. The predicted molar refractivity (Wildman–Crippen MR) is 160 cm³/mol. The number of amides is 1. The maximum absolute atomic E-state index is 14.2. The Kier molecular flexibility index (Phi) is 9.51. The molecule has 9 nitrogen and oxygen atoms in total. The van der Waals surface area contributed by atoms with Gasteiger partial charge in [0.15, 0.2) is 11.5 Å². The zero-order valence-electron chi connectivity index (χ0n) is 24.6. The molecule has 12 heteroatoms. The van der Waals surface area contributed by atoms with Crippen molar-refractivity contribution in [1.82, 2.24) is 10.3 Å². The highest BCUT2D eigenvalue weighted by Gasteiger charge is 2.52. The number of carbonyl (C=O) groups excluding carboxylic acids is 2. The third-order valence-corrected chi connectivity index (χ3v) is 6.57. The Morgan fingerprint density at radius 1 is 0.955 bits per heavy atom. The van der Waals surface area contributed by atoms with Gasteiger partial charge in [0.05, 0.1) is 18.8 Å². The van der Waals surface area contributed by atoms with E-state index in [1.807, 2.05) is 0 Å². The highest BCUT2D eigenvalue weighted by atomic mass is 19.4. The number of benzene rings is 3. The Labute approximate surface area is 252 Å². The van der Waals surface area contributed by atoms with E-state index in [0.717, 1.165) is 0 Å². The van der Waals surface area contributed by atoms with Crippen LogP contribution >= 0.6 is 0 Å². The lowest BCUT2D eigenvalue weighted by atomic mass is 9.98. The van der Waals surface area contributed by atoms with Gasteiger partial charge in [-0.15, -0.1) is 0 Å². The summed E-state index contributed by atoms with van der Waals surface area (Å²) in [6, 6.07) is 18.5. The maximum Gasteiger partial charge on any atom is 0.491 e. The minimum absolute atomic E-state index is 0.134. The number of alkyl halides is 3. The lowest BCUT2D eigenvalue weighted by Gasteiger charge is -2.35. The number of anilines is 2. The Bertz CT molecular complexity index is 1630. The molecule has 44 heavy (non-hydrogen) atoms. The van der Waals surface area contributed by atoms with Crippen LogP contribution in [0.5, 0.6) is 11.5 Å². The first-order chi connectivity index (χ1) is 20.8. The van der Waals surface area contributed by atoms with Crippen molar-refractivity contribution in [1.29, 1.82) is 0 Å². The predicted octanol–water partition coefficient (Wildman–Crippen LogP) is 6.25. The Balaban J connectivity index is 1.93. The molecule has 1 heterocycles. The van der Waals surface area contributed by atoms with Crippen LogP contribution in [0, 0.1) is 0 Å². The second-order valence-electron chi connectivity index (χ2n) is 10.2. The van der Waals surface area contributed by atoms with Gasteiger partial charge >= 0.3 is 12.1 Å². The number of nitrogens with zero attached hydrogens (tertiary/aromatic N) is 1. The molecule has 1 amide bonds. The van der Waals surface area contributed by atoms with Crippen LogP contribution < -0.4 is 25.8 Å². The average molecular weight is 611 g/mol. The molecule has 0 spiro atoms. The fourth-order valence-corrected chi connectivity index (χ4v) is 4.54. The number of pyridine rings is 1. The summed E-state index contributed by atoms with van der Waals surface area (Å²) in [6.07, 6.45) is -4.22. The van der Waals surface area contributed by atoms with Crippen molar-refractivity contribution in [2.24, 2.45) is 0 Å². The molecule has 2 atom stereocenters. The Morgan fingerprint density at radius 2 is 1.68 bits per heavy atom. The molecule has 0 bridgehead atoms. The van der Waals surface area contributed by atoms with Crippen LogP contribution in [0.15, 0.2) is 79.0 Å². The number of aromatic nitrogens is 1. The maximum atomic E-state index is 14.2. The van der Waals surface area contributed by atoms with Crippen molar-refractivity contribution in [2.45, 2.75) is 51.7 Å². The third kappa shape index (κ3) is 7.13. The van der Waals surface area contributed by atoms with Crippen LogP contribution in [0.3, 0.4) is 0 Å². The Hall–Kier alpha value is -5.00. The zero-order chi connectivity index (χ0) is 32.1. The van der Waals surface area contributed by atoms with E-state index in [4.69, 9.17) is 19.9 Å². The van der Waals surface area contributed by atoms with Gasteiger partial charge in [0.2, 0.25) is 0 Å². The molecule has 4 aromatic rings. The number of hydrogen-bond donors (Lipinski definition) is 3. The van der Waals surface area contributed by atoms with E-state index in [1.54, 1.807) is 76.2 Å². The van der Waals surface area contributed by atoms with E-state index in [0.29, 0.717) is 16.3 Å². The van der Waals surface area contributed by atoms with Gasteiger partial charge in [-0.25, -0.2) is 9.78 Å². The largest absolute Gasteiger partial charge is 0.491 e. The highest BCUT2D eigenvalue weighted by molar-refractivity contribution is 5.96. The summed E-state index contributed by atoms with van der Waals surface area (Å²) >= 11 is 0. The number of rotatable bonds is 11. The minimum Gasteiger partial charge on any atom is -0.490 e. The minimum atomic E-state index is -5.43. The first-order valence-electron chi connectivity index (χ1n) is 13.9. The molecule has 0 saturated heterocycles. The molecule has 232 valence electrons. The van der Waals surface area contributed by atoms with Gasteiger partial charge in [0.1, 0.15) is 5.82 Å². The molecule has 0 aliphatic carbocycles. The van der Waals surface area contributed by atoms with Crippen molar-refractivity contribution in [3.8, 4) is 11.5 Å². The van der Waals surface area contributed by atoms with E-state index in [1.165, 1.54) is 30.5 Å². The lowest BCUT2D eigenvalue weighted by Crippen LogP contribution is -2.55. The number of ether oxygens (including phenoxy) is 3. The lowest BCUT2D eigenvalue weighted by molar-refractivity contribution is -0.213. The summed E-state index contributed by atoms with van der Waals surface area (Å²) in [5.74, 6) is -2.99. The number of fused-ring (bicyclic) bond motifs is 1. The van der Waals surface area contributed by atoms with Crippen molar-refractivity contribution >= 4 is 34.2 Å². The normalized spacial score (nSPS) is 13.5. The molecule has 3 aromatic carbocycles. The smallest absolute Gasteiger partial charge is 0.490 e. The van der Waals surface area contributed by atoms with Crippen LogP contribution in [0.2, 0.25) is 0 Å². The quantitative estimate of drug-likeness (QED) is 0.134. The number of esters is 1. The molecule has 0 aliphatic rings. The summed E-state index contributed by atoms with van der Waals surface area (Å²) in [6.45, 7) is 7.13. The van der Waals surface area contributed by atoms with Gasteiger partial charge in [0, 0.05) is 22.8 Å². The van der Waals surface area contributed by atoms with Crippen molar-refractivity contribution in [3.63, 3.8) is 0 Å². The number of halogens is 3. The van der Waals surface area contributed by atoms with E-state index in [2.05, 4.69) is 15.6 Å². The Morgan fingerprint density at radius 3 is 2.34 bits per heavy atom. The highest BCUT2D eigenvalue weighted by Crippen LogP contribution is 2.38. The van der Waals surface area contributed by atoms with Crippen molar-refractivity contribution in [3.05, 3.63) is 90.1 Å². The number of carbonyl (C=O) groups is 2. The molecule has 4 N–H and O–H groups in total. The number of hydrogen-bond acceptors (Lipinski definition) is 8. The van der Waals surface area contributed by atoms with Gasteiger partial charge in [-0.3, -0.25) is 4.79 Å². The molecule has 0 saturated carbocycles. The number of nitrogen functional groups attached to an aromatic ring is 1.